The summed E-state index contributed by atoms with van der Waals surface area (Å²) in [6, 6.07) is 6.34. The van der Waals surface area contributed by atoms with Crippen LogP contribution in [0, 0.1) is 17.1 Å². The van der Waals surface area contributed by atoms with Gasteiger partial charge >= 0.3 is 0 Å². The molecule has 0 fully saturated rings. The van der Waals surface area contributed by atoms with Crippen LogP contribution in [0.1, 0.15) is 25.8 Å². The van der Waals surface area contributed by atoms with Gasteiger partial charge in [-0.3, -0.25) is 4.79 Å². The van der Waals surface area contributed by atoms with Crippen molar-refractivity contribution in [2.75, 3.05) is 6.54 Å². The summed E-state index contributed by atoms with van der Waals surface area (Å²) in [5.41, 5.74) is 1.23. The van der Waals surface area contributed by atoms with E-state index in [9.17, 15) is 9.18 Å². The summed E-state index contributed by atoms with van der Waals surface area (Å²) in [5, 5.41) is 10.3. The Balaban J connectivity index is 2.42. The van der Waals surface area contributed by atoms with Crippen LogP contribution in [-0.4, -0.2) is 18.2 Å². The Labute approximate surface area is 107 Å². The molecule has 1 rings (SSSR count). The van der Waals surface area contributed by atoms with Gasteiger partial charge in [-0.2, -0.15) is 0 Å². The molecule has 0 aliphatic rings. The zero-order valence-electron chi connectivity index (χ0n) is 10.8. The predicted octanol–water partition coefficient (Wildman–Crippen LogP) is 2.55. The van der Waals surface area contributed by atoms with Crippen LogP contribution in [0.2, 0.25) is 0 Å². The van der Waals surface area contributed by atoms with Gasteiger partial charge in [0.1, 0.15) is 5.82 Å². The third-order valence-electron chi connectivity index (χ3n) is 2.85. The molecule has 0 radical (unpaired) electrons. The highest BCUT2D eigenvalue weighted by molar-refractivity contribution is 6.01. The van der Waals surface area contributed by atoms with E-state index in [0.717, 1.165) is 5.56 Å². The highest BCUT2D eigenvalue weighted by atomic mass is 19.1. The number of halogens is 1. The van der Waals surface area contributed by atoms with Crippen LogP contribution in [0.25, 0.3) is 0 Å². The van der Waals surface area contributed by atoms with Gasteiger partial charge < -0.3 is 10.7 Å². The Morgan fingerprint density at radius 2 is 2.22 bits per heavy atom. The number of rotatable bonds is 6. The van der Waals surface area contributed by atoms with Crippen LogP contribution < -0.4 is 5.32 Å². The van der Waals surface area contributed by atoms with Crippen LogP contribution in [-0.2, 0) is 11.2 Å². The summed E-state index contributed by atoms with van der Waals surface area (Å²) in [4.78, 5) is 11.7. The molecule has 0 saturated heterocycles. The Morgan fingerprint density at radius 1 is 1.50 bits per heavy atom. The molecule has 1 aromatic rings. The maximum absolute atomic E-state index is 12.9. The van der Waals surface area contributed by atoms with E-state index in [0.29, 0.717) is 25.1 Å². The fourth-order valence-electron chi connectivity index (χ4n) is 1.83. The lowest BCUT2D eigenvalue weighted by atomic mass is 10.0. The molecule has 0 saturated carbocycles. The number of amides is 1. The van der Waals surface area contributed by atoms with Crippen molar-refractivity contribution in [2.45, 2.75) is 26.7 Å². The van der Waals surface area contributed by atoms with Gasteiger partial charge in [0.2, 0.25) is 5.91 Å². The SMILES string of the molecule is CCC(C(C)=N)C(=O)NCCc1cccc(F)c1. The van der Waals surface area contributed by atoms with Crippen molar-refractivity contribution in [2.24, 2.45) is 5.92 Å². The maximum atomic E-state index is 12.9. The first-order valence-electron chi connectivity index (χ1n) is 6.11. The first kappa shape index (κ1) is 14.4. The molecule has 98 valence electrons. The number of benzene rings is 1. The van der Waals surface area contributed by atoms with E-state index in [-0.39, 0.29) is 17.6 Å². The molecule has 3 nitrogen and oxygen atoms in total. The smallest absolute Gasteiger partial charge is 0.228 e. The second kappa shape index (κ2) is 6.89. The lowest BCUT2D eigenvalue weighted by Crippen LogP contribution is -2.35. The molecule has 0 aromatic heterocycles. The average molecular weight is 250 g/mol. The molecular formula is C14H19FN2O. The lowest BCUT2D eigenvalue weighted by molar-refractivity contribution is -0.123. The van der Waals surface area contributed by atoms with Crippen LogP contribution >= 0.6 is 0 Å². The molecule has 0 bridgehead atoms. The first-order chi connectivity index (χ1) is 8.54. The fraction of sp³-hybridized carbons (Fsp3) is 0.429. The van der Waals surface area contributed by atoms with Crippen molar-refractivity contribution in [3.63, 3.8) is 0 Å². The van der Waals surface area contributed by atoms with Crippen molar-refractivity contribution < 1.29 is 9.18 Å². The van der Waals surface area contributed by atoms with Gasteiger partial charge in [0, 0.05) is 12.3 Å². The van der Waals surface area contributed by atoms with Crippen LogP contribution in [0.5, 0.6) is 0 Å². The molecule has 0 aliphatic heterocycles. The number of nitrogens with one attached hydrogen (secondary N) is 2. The molecule has 0 spiro atoms. The molecule has 0 aliphatic carbocycles. The Morgan fingerprint density at radius 3 is 2.78 bits per heavy atom. The number of carbonyl (C=O) groups is 1. The summed E-state index contributed by atoms with van der Waals surface area (Å²) >= 11 is 0. The standard InChI is InChI=1S/C14H19FN2O/c1-3-13(10(2)16)14(18)17-8-7-11-5-4-6-12(15)9-11/h4-6,9,13,16H,3,7-8H2,1-2H3,(H,17,18). The molecule has 1 amide bonds. The minimum absolute atomic E-state index is 0.124. The van der Waals surface area contributed by atoms with E-state index in [1.54, 1.807) is 13.0 Å². The molecule has 1 atom stereocenters. The number of carbonyl (C=O) groups excluding carboxylic acids is 1. The second-order valence-electron chi connectivity index (χ2n) is 4.31. The zero-order valence-corrected chi connectivity index (χ0v) is 10.8. The molecule has 2 N–H and O–H groups in total. The molecular weight excluding hydrogens is 231 g/mol. The summed E-state index contributed by atoms with van der Waals surface area (Å²) in [6.07, 6.45) is 1.22. The Hall–Kier alpha value is -1.71. The summed E-state index contributed by atoms with van der Waals surface area (Å²) in [6.45, 7) is 3.99. The monoisotopic (exact) mass is 250 g/mol. The topological polar surface area (TPSA) is 53.0 Å². The van der Waals surface area contributed by atoms with Gasteiger partial charge in [0.15, 0.2) is 0 Å². The molecule has 1 unspecified atom stereocenters. The van der Waals surface area contributed by atoms with Crippen LogP contribution in [0.15, 0.2) is 24.3 Å². The minimum atomic E-state index is -0.350. The van der Waals surface area contributed by atoms with Crippen LogP contribution in [0.3, 0.4) is 0 Å². The molecule has 0 heterocycles. The van der Waals surface area contributed by atoms with Gasteiger partial charge in [-0.25, -0.2) is 4.39 Å². The summed E-state index contributed by atoms with van der Waals surface area (Å²) in [7, 11) is 0. The van der Waals surface area contributed by atoms with Crippen molar-refractivity contribution in [1.29, 1.82) is 5.41 Å². The third-order valence-corrected chi connectivity index (χ3v) is 2.85. The largest absolute Gasteiger partial charge is 0.355 e. The van der Waals surface area contributed by atoms with E-state index in [4.69, 9.17) is 5.41 Å². The van der Waals surface area contributed by atoms with Gasteiger partial charge in [-0.1, -0.05) is 19.1 Å². The van der Waals surface area contributed by atoms with E-state index in [1.807, 2.05) is 13.0 Å². The Kier molecular flexibility index (Phi) is 5.49. The number of hydrogen-bond acceptors (Lipinski definition) is 2. The summed E-state index contributed by atoms with van der Waals surface area (Å²) in [5.74, 6) is -0.737. The number of hydrogen-bond donors (Lipinski definition) is 2. The zero-order chi connectivity index (χ0) is 13.5. The third kappa shape index (κ3) is 4.28. The average Bonchev–Trinajstić information content (AvgIpc) is 2.29. The molecule has 4 heteroatoms. The quantitative estimate of drug-likeness (QED) is 0.749. The van der Waals surface area contributed by atoms with Gasteiger partial charge in [-0.15, -0.1) is 0 Å². The highest BCUT2D eigenvalue weighted by Gasteiger charge is 2.17. The van der Waals surface area contributed by atoms with Gasteiger partial charge in [0.25, 0.3) is 0 Å². The minimum Gasteiger partial charge on any atom is -0.355 e. The normalized spacial score (nSPS) is 11.9. The van der Waals surface area contributed by atoms with E-state index in [2.05, 4.69) is 5.32 Å². The van der Waals surface area contributed by atoms with Crippen molar-refractivity contribution >= 4 is 11.6 Å². The Bertz CT molecular complexity index is 432. The van der Waals surface area contributed by atoms with Crippen molar-refractivity contribution in [3.05, 3.63) is 35.6 Å². The van der Waals surface area contributed by atoms with E-state index in [1.165, 1.54) is 12.1 Å². The van der Waals surface area contributed by atoms with E-state index < -0.39 is 0 Å². The second-order valence-corrected chi connectivity index (χ2v) is 4.31. The van der Waals surface area contributed by atoms with E-state index >= 15 is 0 Å². The highest BCUT2D eigenvalue weighted by Crippen LogP contribution is 2.06. The molecule has 18 heavy (non-hydrogen) atoms. The van der Waals surface area contributed by atoms with Crippen LogP contribution in [0.4, 0.5) is 4.39 Å². The first-order valence-corrected chi connectivity index (χ1v) is 6.11. The maximum Gasteiger partial charge on any atom is 0.228 e. The lowest BCUT2D eigenvalue weighted by Gasteiger charge is -2.13. The van der Waals surface area contributed by atoms with Crippen molar-refractivity contribution in [3.8, 4) is 0 Å². The predicted molar refractivity (Wildman–Crippen MR) is 70.3 cm³/mol. The van der Waals surface area contributed by atoms with Crippen molar-refractivity contribution in [1.82, 2.24) is 5.32 Å². The van der Waals surface area contributed by atoms with Gasteiger partial charge in [-0.05, 0) is 37.5 Å². The summed E-state index contributed by atoms with van der Waals surface area (Å²) < 4.78 is 12.9. The van der Waals surface area contributed by atoms with Gasteiger partial charge in [0.05, 0.1) is 5.92 Å². The molecule has 1 aromatic carbocycles. The fourth-order valence-corrected chi connectivity index (χ4v) is 1.83.